The molecule has 0 radical (unpaired) electrons. The Labute approximate surface area is 122 Å². The summed E-state index contributed by atoms with van der Waals surface area (Å²) >= 11 is 0. The van der Waals surface area contributed by atoms with E-state index < -0.39 is 26.1 Å². The van der Waals surface area contributed by atoms with Gasteiger partial charge in [0.05, 0.1) is 10.9 Å². The third kappa shape index (κ3) is 3.34. The summed E-state index contributed by atoms with van der Waals surface area (Å²) in [6.07, 6.45) is 2.07. The second-order valence-electron chi connectivity index (χ2n) is 6.60. The van der Waals surface area contributed by atoms with Gasteiger partial charge in [-0.3, -0.25) is 4.79 Å². The Morgan fingerprint density at radius 1 is 1.35 bits per heavy atom. The molecular formula is C14H27NO4S. The van der Waals surface area contributed by atoms with Crippen molar-refractivity contribution in [2.45, 2.75) is 69.5 Å². The van der Waals surface area contributed by atoms with Crippen LogP contribution < -0.4 is 5.32 Å². The van der Waals surface area contributed by atoms with Crippen LogP contribution in [0.15, 0.2) is 0 Å². The predicted molar refractivity (Wildman–Crippen MR) is 79.1 cm³/mol. The maximum atomic E-state index is 12.2. The number of hydrogen-bond donors (Lipinski definition) is 2. The van der Waals surface area contributed by atoms with Crippen molar-refractivity contribution in [3.05, 3.63) is 0 Å². The first-order valence-electron chi connectivity index (χ1n) is 7.21. The number of sulfone groups is 1. The van der Waals surface area contributed by atoms with Crippen LogP contribution in [0.5, 0.6) is 0 Å². The molecule has 1 aliphatic rings. The monoisotopic (exact) mass is 305 g/mol. The first-order chi connectivity index (χ1) is 8.96. The van der Waals surface area contributed by atoms with Gasteiger partial charge in [-0.05, 0) is 39.5 Å². The van der Waals surface area contributed by atoms with Crippen LogP contribution in [0.25, 0.3) is 0 Å². The largest absolute Gasteiger partial charge is 0.388 e. The molecule has 2 N–H and O–H groups in total. The van der Waals surface area contributed by atoms with Crippen LogP contribution in [0.1, 0.15) is 53.9 Å². The van der Waals surface area contributed by atoms with Gasteiger partial charge in [0.1, 0.15) is 4.75 Å². The summed E-state index contributed by atoms with van der Waals surface area (Å²) in [7, 11) is -3.45. The third-order valence-corrected chi connectivity index (χ3v) is 7.46. The molecule has 2 atom stereocenters. The lowest BCUT2D eigenvalue weighted by Gasteiger charge is -2.32. The van der Waals surface area contributed by atoms with E-state index in [4.69, 9.17) is 0 Å². The fraction of sp³-hybridized carbons (Fsp3) is 0.929. The first-order valence-corrected chi connectivity index (χ1v) is 8.75. The molecule has 1 rings (SSSR count). The minimum atomic E-state index is -3.45. The summed E-state index contributed by atoms with van der Waals surface area (Å²) in [4.78, 5) is 12.2. The summed E-state index contributed by atoms with van der Waals surface area (Å²) in [6.45, 7) is 8.46. The molecule has 0 aliphatic heterocycles. The van der Waals surface area contributed by atoms with Crippen molar-refractivity contribution in [1.29, 1.82) is 0 Å². The molecule has 0 aromatic carbocycles. The highest BCUT2D eigenvalue weighted by Gasteiger charge is 2.50. The molecule has 5 nitrogen and oxygen atoms in total. The zero-order valence-electron chi connectivity index (χ0n) is 13.1. The Kier molecular flexibility index (Phi) is 4.91. The van der Waals surface area contributed by atoms with Crippen LogP contribution in [0.2, 0.25) is 0 Å². The molecule has 0 aromatic heterocycles. The number of carbonyl (C=O) groups is 1. The molecular weight excluding hydrogens is 278 g/mol. The van der Waals surface area contributed by atoms with Gasteiger partial charge in [-0.15, -0.1) is 0 Å². The van der Waals surface area contributed by atoms with Gasteiger partial charge in [0, 0.05) is 6.54 Å². The SMILES string of the molecule is CC[C@H](C)[C@](C)(O)CNC(=O)C(C)(C)S(=O)(=O)C1CC1. The van der Waals surface area contributed by atoms with Gasteiger partial charge in [-0.25, -0.2) is 8.42 Å². The summed E-state index contributed by atoms with van der Waals surface area (Å²) < 4.78 is 23.0. The fourth-order valence-electron chi connectivity index (χ4n) is 2.01. The Bertz CT molecular complexity index is 464. The van der Waals surface area contributed by atoms with Gasteiger partial charge >= 0.3 is 0 Å². The van der Waals surface area contributed by atoms with Crippen molar-refractivity contribution >= 4 is 15.7 Å². The highest BCUT2D eigenvalue weighted by molar-refractivity contribution is 7.94. The summed E-state index contributed by atoms with van der Waals surface area (Å²) in [6, 6.07) is 0. The summed E-state index contributed by atoms with van der Waals surface area (Å²) in [5.41, 5.74) is -1.04. The molecule has 0 saturated heterocycles. The quantitative estimate of drug-likeness (QED) is 0.741. The predicted octanol–water partition coefficient (Wildman–Crippen LogP) is 1.26. The third-order valence-electron chi connectivity index (χ3n) is 4.50. The fourth-order valence-corrected chi connectivity index (χ4v) is 3.93. The lowest BCUT2D eigenvalue weighted by atomic mass is 9.88. The molecule has 1 amide bonds. The molecule has 0 unspecified atom stereocenters. The zero-order valence-corrected chi connectivity index (χ0v) is 13.9. The van der Waals surface area contributed by atoms with Gasteiger partial charge in [-0.2, -0.15) is 0 Å². The van der Waals surface area contributed by atoms with Gasteiger partial charge in [0.2, 0.25) is 5.91 Å². The Morgan fingerprint density at radius 3 is 2.25 bits per heavy atom. The van der Waals surface area contributed by atoms with Crippen LogP contribution in [0, 0.1) is 5.92 Å². The average molecular weight is 305 g/mol. The van der Waals surface area contributed by atoms with Gasteiger partial charge in [-0.1, -0.05) is 20.3 Å². The van der Waals surface area contributed by atoms with Crippen molar-refractivity contribution in [2.75, 3.05) is 6.54 Å². The smallest absolute Gasteiger partial charge is 0.240 e. The van der Waals surface area contributed by atoms with Crippen LogP contribution in [0.4, 0.5) is 0 Å². The molecule has 20 heavy (non-hydrogen) atoms. The van der Waals surface area contributed by atoms with Crippen molar-refractivity contribution in [1.82, 2.24) is 5.32 Å². The normalized spacial score (nSPS) is 21.1. The van der Waals surface area contributed by atoms with E-state index in [0.29, 0.717) is 12.8 Å². The van der Waals surface area contributed by atoms with E-state index in [1.54, 1.807) is 6.92 Å². The van der Waals surface area contributed by atoms with Crippen LogP contribution >= 0.6 is 0 Å². The topological polar surface area (TPSA) is 83.5 Å². The van der Waals surface area contributed by atoms with E-state index in [0.717, 1.165) is 6.42 Å². The van der Waals surface area contributed by atoms with Gasteiger partial charge < -0.3 is 10.4 Å². The number of amides is 1. The minimum absolute atomic E-state index is 0.0194. The molecule has 0 heterocycles. The zero-order chi connectivity index (χ0) is 15.8. The minimum Gasteiger partial charge on any atom is -0.388 e. The number of hydrogen-bond acceptors (Lipinski definition) is 4. The van der Waals surface area contributed by atoms with Crippen molar-refractivity contribution in [3.8, 4) is 0 Å². The maximum Gasteiger partial charge on any atom is 0.240 e. The molecule has 6 heteroatoms. The van der Waals surface area contributed by atoms with Crippen LogP contribution in [0.3, 0.4) is 0 Å². The summed E-state index contributed by atoms with van der Waals surface area (Å²) in [5.74, 6) is -0.515. The standard InChI is InChI=1S/C14H27NO4S/c1-6-10(2)14(5,17)9-15-12(16)13(3,4)20(18,19)11-7-8-11/h10-11,17H,6-9H2,1-5H3,(H,15,16)/t10-,14+/m0/s1. The first kappa shape index (κ1) is 17.4. The molecule has 118 valence electrons. The Balaban J connectivity index is 2.71. The molecule has 0 spiro atoms. The van der Waals surface area contributed by atoms with Crippen molar-refractivity contribution < 1.29 is 18.3 Å². The number of aliphatic hydroxyl groups is 1. The maximum absolute atomic E-state index is 12.2. The second kappa shape index (κ2) is 5.64. The Morgan fingerprint density at radius 2 is 1.85 bits per heavy atom. The second-order valence-corrected chi connectivity index (χ2v) is 9.38. The lowest BCUT2D eigenvalue weighted by molar-refractivity contribution is -0.124. The van der Waals surface area contributed by atoms with E-state index in [9.17, 15) is 18.3 Å². The van der Waals surface area contributed by atoms with Gasteiger partial charge in [0.15, 0.2) is 9.84 Å². The number of carbonyl (C=O) groups excluding carboxylic acids is 1. The number of nitrogens with one attached hydrogen (secondary N) is 1. The molecule has 1 saturated carbocycles. The van der Waals surface area contributed by atoms with E-state index >= 15 is 0 Å². The lowest BCUT2D eigenvalue weighted by Crippen LogP contribution is -2.53. The number of rotatable bonds is 7. The van der Waals surface area contributed by atoms with Crippen molar-refractivity contribution in [3.63, 3.8) is 0 Å². The van der Waals surface area contributed by atoms with E-state index in [-0.39, 0.29) is 17.7 Å². The van der Waals surface area contributed by atoms with E-state index in [2.05, 4.69) is 5.32 Å². The Hall–Kier alpha value is -0.620. The highest BCUT2D eigenvalue weighted by atomic mass is 32.2. The van der Waals surface area contributed by atoms with E-state index in [1.165, 1.54) is 13.8 Å². The van der Waals surface area contributed by atoms with Gasteiger partial charge in [0.25, 0.3) is 0 Å². The van der Waals surface area contributed by atoms with Crippen molar-refractivity contribution in [2.24, 2.45) is 5.92 Å². The van der Waals surface area contributed by atoms with Crippen LogP contribution in [-0.2, 0) is 14.6 Å². The summed E-state index contributed by atoms with van der Waals surface area (Å²) in [5, 5.41) is 12.5. The average Bonchev–Trinajstić information content (AvgIpc) is 3.18. The molecule has 1 fully saturated rings. The molecule has 0 bridgehead atoms. The van der Waals surface area contributed by atoms with Crippen LogP contribution in [-0.4, -0.2) is 41.6 Å². The molecule has 1 aliphatic carbocycles. The van der Waals surface area contributed by atoms with E-state index in [1.807, 2.05) is 13.8 Å². The molecule has 0 aromatic rings. The highest BCUT2D eigenvalue weighted by Crippen LogP contribution is 2.36.